The van der Waals surface area contributed by atoms with Crippen LogP contribution in [-0.2, 0) is 6.42 Å². The minimum atomic E-state index is -0.196. The molecule has 3 atom stereocenters. The minimum absolute atomic E-state index is 0.0701. The van der Waals surface area contributed by atoms with Crippen molar-refractivity contribution in [3.8, 4) is 0 Å². The Balaban J connectivity index is 1.44. The van der Waals surface area contributed by atoms with Crippen LogP contribution in [0, 0.1) is 13.8 Å². The van der Waals surface area contributed by atoms with Crippen molar-refractivity contribution in [2.75, 3.05) is 6.54 Å². The summed E-state index contributed by atoms with van der Waals surface area (Å²) in [6.45, 7) is 8.83. The Bertz CT molecular complexity index is 1440. The van der Waals surface area contributed by atoms with E-state index < -0.39 is 0 Å². The molecule has 3 N–H and O–H groups in total. The molecule has 41 heavy (non-hydrogen) atoms. The van der Waals surface area contributed by atoms with Crippen LogP contribution in [0.25, 0.3) is 0 Å². The van der Waals surface area contributed by atoms with Gasteiger partial charge in [0.05, 0.1) is 6.04 Å². The number of carbonyl (C=O) groups excluding carboxylic acids is 2. The maximum atomic E-state index is 13.5. The van der Waals surface area contributed by atoms with Gasteiger partial charge >= 0.3 is 0 Å². The first-order chi connectivity index (χ1) is 19.8. The number of aryl methyl sites for hydroxylation is 2. The summed E-state index contributed by atoms with van der Waals surface area (Å²) in [5.74, 6) is -0.370. The van der Waals surface area contributed by atoms with Crippen molar-refractivity contribution in [3.05, 3.63) is 142 Å². The molecule has 212 valence electrons. The molecule has 4 aromatic rings. The fourth-order valence-electron chi connectivity index (χ4n) is 5.20. The highest BCUT2D eigenvalue weighted by Gasteiger charge is 2.19. The van der Waals surface area contributed by atoms with Crippen molar-refractivity contribution >= 4 is 11.8 Å². The molecule has 0 fully saturated rings. The first kappa shape index (κ1) is 29.8. The quantitative estimate of drug-likeness (QED) is 0.181. The molecule has 5 heteroatoms. The Hall–Kier alpha value is -4.22. The zero-order valence-electron chi connectivity index (χ0n) is 24.5. The van der Waals surface area contributed by atoms with Gasteiger partial charge in [-0.15, -0.1) is 0 Å². The molecule has 0 bridgehead atoms. The van der Waals surface area contributed by atoms with Gasteiger partial charge in [-0.25, -0.2) is 0 Å². The number of hydrogen-bond acceptors (Lipinski definition) is 3. The Morgan fingerprint density at radius 1 is 0.683 bits per heavy atom. The summed E-state index contributed by atoms with van der Waals surface area (Å²) in [4.78, 5) is 26.7. The van der Waals surface area contributed by atoms with Crippen molar-refractivity contribution in [2.24, 2.45) is 0 Å². The van der Waals surface area contributed by atoms with Gasteiger partial charge in [-0.2, -0.15) is 0 Å². The average Bonchev–Trinajstić information content (AvgIpc) is 2.97. The van der Waals surface area contributed by atoms with E-state index in [0.29, 0.717) is 11.1 Å². The van der Waals surface area contributed by atoms with Gasteiger partial charge in [-0.05, 0) is 93.1 Å². The Kier molecular flexibility index (Phi) is 10.5. The molecule has 0 spiro atoms. The van der Waals surface area contributed by atoms with Gasteiger partial charge in [0.2, 0.25) is 0 Å². The first-order valence-corrected chi connectivity index (χ1v) is 14.4. The molecule has 0 saturated carbocycles. The molecule has 0 aromatic heterocycles. The molecule has 0 aliphatic rings. The summed E-state index contributed by atoms with van der Waals surface area (Å²) in [6, 6.07) is 33.9. The van der Waals surface area contributed by atoms with Crippen LogP contribution < -0.4 is 16.0 Å². The maximum Gasteiger partial charge on any atom is 0.251 e. The SMILES string of the molecule is Cc1cc(C(=O)NC(C)c2ccccc2C)cc(C(=O)N[C@H](CCN[C@@H](C)c2ccccc2)Cc2ccccc2)c1. The summed E-state index contributed by atoms with van der Waals surface area (Å²) in [6.07, 6.45) is 1.49. The molecule has 0 heterocycles. The third-order valence-corrected chi connectivity index (χ3v) is 7.51. The Morgan fingerprint density at radius 3 is 1.93 bits per heavy atom. The van der Waals surface area contributed by atoms with E-state index in [0.717, 1.165) is 36.1 Å². The summed E-state index contributed by atoms with van der Waals surface area (Å²) in [7, 11) is 0. The van der Waals surface area contributed by atoms with Crippen LogP contribution in [0.2, 0.25) is 0 Å². The van der Waals surface area contributed by atoms with E-state index in [1.807, 2.05) is 93.6 Å². The second-order valence-corrected chi connectivity index (χ2v) is 10.9. The molecule has 4 aromatic carbocycles. The third-order valence-electron chi connectivity index (χ3n) is 7.51. The zero-order valence-corrected chi connectivity index (χ0v) is 24.5. The standard InChI is InChI=1S/C36H41N3O2/c1-25-21-31(35(40)38-28(4)34-18-12-11-13-26(34)2)24-32(22-25)36(41)39-33(23-29-14-7-5-8-15-29)19-20-37-27(3)30-16-9-6-10-17-30/h5-18,21-22,24,27-28,33,37H,19-20,23H2,1-4H3,(H,38,40)(H,39,41)/t27-,28?,33+/m0/s1. The van der Waals surface area contributed by atoms with E-state index in [1.54, 1.807) is 6.07 Å². The highest BCUT2D eigenvalue weighted by molar-refractivity contribution is 6.00. The van der Waals surface area contributed by atoms with Crippen LogP contribution in [0.15, 0.2) is 103 Å². The first-order valence-electron chi connectivity index (χ1n) is 14.4. The monoisotopic (exact) mass is 547 g/mol. The van der Waals surface area contributed by atoms with Gasteiger partial charge in [-0.1, -0.05) is 84.9 Å². The number of carbonyl (C=O) groups is 2. The van der Waals surface area contributed by atoms with Gasteiger partial charge in [0, 0.05) is 23.2 Å². The lowest BCUT2D eigenvalue weighted by molar-refractivity contribution is 0.0934. The largest absolute Gasteiger partial charge is 0.349 e. The van der Waals surface area contributed by atoms with E-state index in [-0.39, 0.29) is 29.9 Å². The second kappa shape index (κ2) is 14.4. The number of hydrogen-bond donors (Lipinski definition) is 3. The maximum absolute atomic E-state index is 13.5. The summed E-state index contributed by atoms with van der Waals surface area (Å²) >= 11 is 0. The van der Waals surface area contributed by atoms with E-state index in [4.69, 9.17) is 0 Å². The fraction of sp³-hybridized carbons (Fsp3) is 0.278. The fourth-order valence-corrected chi connectivity index (χ4v) is 5.20. The van der Waals surface area contributed by atoms with Crippen molar-refractivity contribution in [1.29, 1.82) is 0 Å². The van der Waals surface area contributed by atoms with Crippen molar-refractivity contribution in [2.45, 2.75) is 58.7 Å². The molecular formula is C36H41N3O2. The predicted molar refractivity (Wildman–Crippen MR) is 167 cm³/mol. The predicted octanol–water partition coefficient (Wildman–Crippen LogP) is 6.88. The van der Waals surface area contributed by atoms with Crippen molar-refractivity contribution in [1.82, 2.24) is 16.0 Å². The lowest BCUT2D eigenvalue weighted by Gasteiger charge is -2.22. The molecule has 0 radical (unpaired) electrons. The van der Waals surface area contributed by atoms with E-state index in [2.05, 4.69) is 47.1 Å². The van der Waals surface area contributed by atoms with Crippen LogP contribution in [0.3, 0.4) is 0 Å². The topological polar surface area (TPSA) is 70.2 Å². The van der Waals surface area contributed by atoms with E-state index >= 15 is 0 Å². The third kappa shape index (κ3) is 8.63. The van der Waals surface area contributed by atoms with Crippen LogP contribution in [-0.4, -0.2) is 24.4 Å². The molecule has 0 aliphatic carbocycles. The summed E-state index contributed by atoms with van der Waals surface area (Å²) in [5, 5.41) is 9.94. The Labute approximate surface area is 244 Å². The molecule has 0 aliphatic heterocycles. The molecule has 5 nitrogen and oxygen atoms in total. The highest BCUT2D eigenvalue weighted by Crippen LogP contribution is 2.19. The molecule has 2 amide bonds. The van der Waals surface area contributed by atoms with Crippen LogP contribution in [0.1, 0.15) is 80.9 Å². The molecule has 4 rings (SSSR count). The summed E-state index contributed by atoms with van der Waals surface area (Å²) in [5.41, 5.74) is 6.44. The number of rotatable bonds is 12. The van der Waals surface area contributed by atoms with Gasteiger partial charge in [0.25, 0.3) is 11.8 Å². The average molecular weight is 548 g/mol. The van der Waals surface area contributed by atoms with Gasteiger partial charge in [0.15, 0.2) is 0 Å². The van der Waals surface area contributed by atoms with Gasteiger partial charge in [-0.3, -0.25) is 9.59 Å². The van der Waals surface area contributed by atoms with Crippen molar-refractivity contribution < 1.29 is 9.59 Å². The van der Waals surface area contributed by atoms with Crippen LogP contribution in [0.4, 0.5) is 0 Å². The minimum Gasteiger partial charge on any atom is -0.349 e. The normalized spacial score (nSPS) is 13.2. The Morgan fingerprint density at radius 2 is 1.27 bits per heavy atom. The lowest BCUT2D eigenvalue weighted by Crippen LogP contribution is -2.39. The van der Waals surface area contributed by atoms with Crippen molar-refractivity contribution in [3.63, 3.8) is 0 Å². The lowest BCUT2D eigenvalue weighted by atomic mass is 10.00. The molecular weight excluding hydrogens is 506 g/mol. The number of benzene rings is 4. The smallest absolute Gasteiger partial charge is 0.251 e. The van der Waals surface area contributed by atoms with Gasteiger partial charge < -0.3 is 16.0 Å². The molecule has 1 unspecified atom stereocenters. The molecule has 0 saturated heterocycles. The highest BCUT2D eigenvalue weighted by atomic mass is 16.2. The number of nitrogens with one attached hydrogen (secondary N) is 3. The van der Waals surface area contributed by atoms with E-state index in [9.17, 15) is 9.59 Å². The zero-order chi connectivity index (χ0) is 29.2. The van der Waals surface area contributed by atoms with E-state index in [1.165, 1.54) is 11.1 Å². The van der Waals surface area contributed by atoms with Crippen LogP contribution in [0.5, 0.6) is 0 Å². The van der Waals surface area contributed by atoms with Crippen LogP contribution >= 0.6 is 0 Å². The summed E-state index contributed by atoms with van der Waals surface area (Å²) < 4.78 is 0. The second-order valence-electron chi connectivity index (χ2n) is 10.9. The number of amides is 2. The van der Waals surface area contributed by atoms with Gasteiger partial charge in [0.1, 0.15) is 0 Å².